The summed E-state index contributed by atoms with van der Waals surface area (Å²) in [7, 11) is 0. The minimum atomic E-state index is 0.0453. The zero-order valence-corrected chi connectivity index (χ0v) is 15.2. The number of carbonyl (C=O) groups excluding carboxylic acids is 1. The predicted molar refractivity (Wildman–Crippen MR) is 99.8 cm³/mol. The molecule has 3 nitrogen and oxygen atoms in total. The lowest BCUT2D eigenvalue weighted by Crippen LogP contribution is -2.62. The van der Waals surface area contributed by atoms with Gasteiger partial charge in [-0.2, -0.15) is 0 Å². The van der Waals surface area contributed by atoms with Crippen molar-refractivity contribution in [3.63, 3.8) is 0 Å². The van der Waals surface area contributed by atoms with E-state index >= 15 is 0 Å². The van der Waals surface area contributed by atoms with Crippen LogP contribution in [0.15, 0.2) is 36.4 Å². The molecule has 0 aliphatic carbocycles. The summed E-state index contributed by atoms with van der Waals surface area (Å²) in [6.45, 7) is 4.58. The maximum Gasteiger partial charge on any atom is 0.261 e. The highest BCUT2D eigenvalue weighted by Gasteiger charge is 2.40. The fourth-order valence-corrected chi connectivity index (χ4v) is 5.28. The first kappa shape index (κ1) is 16.1. The monoisotopic (exact) mass is 360 g/mol. The van der Waals surface area contributed by atoms with E-state index in [9.17, 15) is 4.79 Å². The molecule has 0 saturated carbocycles. The molecule has 5 rings (SSSR count). The summed E-state index contributed by atoms with van der Waals surface area (Å²) < 4.78 is 0. The van der Waals surface area contributed by atoms with Gasteiger partial charge < -0.3 is 5.32 Å². The fourth-order valence-electron chi connectivity index (χ4n) is 4.03. The number of piperidine rings is 3. The average Bonchev–Trinajstić information content (AvgIpc) is 3.09. The Balaban J connectivity index is 1.51. The van der Waals surface area contributed by atoms with E-state index in [1.54, 1.807) is 0 Å². The first-order valence-corrected chi connectivity index (χ1v) is 9.72. The van der Waals surface area contributed by atoms with Gasteiger partial charge in [-0.05, 0) is 57.0 Å². The lowest BCUT2D eigenvalue weighted by atomic mass is 9.79. The van der Waals surface area contributed by atoms with Gasteiger partial charge in [0.15, 0.2) is 0 Å². The number of hydrogen-bond donors (Lipinski definition) is 1. The van der Waals surface area contributed by atoms with Gasteiger partial charge in [0, 0.05) is 27.5 Å². The molecule has 0 unspecified atom stereocenters. The lowest BCUT2D eigenvalue weighted by Gasteiger charge is -2.49. The molecule has 5 heteroatoms. The topological polar surface area (TPSA) is 32.3 Å². The van der Waals surface area contributed by atoms with E-state index in [1.165, 1.54) is 37.3 Å². The molecule has 24 heavy (non-hydrogen) atoms. The summed E-state index contributed by atoms with van der Waals surface area (Å²) in [6.07, 6.45) is 2.40. The van der Waals surface area contributed by atoms with Gasteiger partial charge in [0.25, 0.3) is 5.91 Å². The van der Waals surface area contributed by atoms with E-state index in [0.29, 0.717) is 12.0 Å². The van der Waals surface area contributed by atoms with Crippen LogP contribution in [-0.4, -0.2) is 36.0 Å². The highest BCUT2D eigenvalue weighted by molar-refractivity contribution is 7.17. The number of carbonyl (C=O) groups is 1. The van der Waals surface area contributed by atoms with Crippen LogP contribution < -0.4 is 5.32 Å². The Morgan fingerprint density at radius 2 is 1.96 bits per heavy atom. The number of hydrogen-bond acceptors (Lipinski definition) is 3. The number of halogens is 1. The normalized spacial score (nSPS) is 28.8. The van der Waals surface area contributed by atoms with Crippen molar-refractivity contribution in [2.24, 2.45) is 5.92 Å². The van der Waals surface area contributed by atoms with Crippen LogP contribution in [0.3, 0.4) is 0 Å². The van der Waals surface area contributed by atoms with Crippen LogP contribution in [0.2, 0.25) is 5.02 Å². The summed E-state index contributed by atoms with van der Waals surface area (Å²) in [5.41, 5.74) is 0.986. The zero-order valence-electron chi connectivity index (χ0n) is 13.7. The quantitative estimate of drug-likeness (QED) is 0.885. The molecular weight excluding hydrogens is 340 g/mol. The van der Waals surface area contributed by atoms with Crippen LogP contribution in [-0.2, 0) is 0 Å². The fraction of sp³-hybridized carbons (Fsp3) is 0.421. The van der Waals surface area contributed by atoms with Crippen molar-refractivity contribution in [1.29, 1.82) is 0 Å². The van der Waals surface area contributed by atoms with Crippen LogP contribution in [0.25, 0.3) is 10.4 Å². The van der Waals surface area contributed by atoms with E-state index in [-0.39, 0.29) is 11.9 Å². The molecular formula is C19H21ClN2OS. The second-order valence-corrected chi connectivity index (χ2v) is 8.25. The summed E-state index contributed by atoms with van der Waals surface area (Å²) in [5, 5.41) is 4.01. The summed E-state index contributed by atoms with van der Waals surface area (Å²) in [5.74, 6) is 0.667. The van der Waals surface area contributed by atoms with Gasteiger partial charge >= 0.3 is 0 Å². The number of benzene rings is 1. The number of amides is 1. The Bertz CT molecular complexity index is 749. The highest BCUT2D eigenvalue weighted by Crippen LogP contribution is 2.35. The van der Waals surface area contributed by atoms with Crippen molar-refractivity contribution < 1.29 is 4.79 Å². The van der Waals surface area contributed by atoms with Gasteiger partial charge in [-0.3, -0.25) is 9.69 Å². The lowest BCUT2D eigenvalue weighted by molar-refractivity contribution is 0.0218. The highest BCUT2D eigenvalue weighted by atomic mass is 35.5. The molecule has 3 fully saturated rings. The molecule has 1 aromatic heterocycles. The van der Waals surface area contributed by atoms with Gasteiger partial charge in [0.1, 0.15) is 0 Å². The Morgan fingerprint density at radius 1 is 1.21 bits per heavy atom. The molecule has 4 heterocycles. The van der Waals surface area contributed by atoms with Crippen LogP contribution in [0, 0.1) is 5.92 Å². The molecule has 0 radical (unpaired) electrons. The molecule has 1 N–H and O–H groups in total. The summed E-state index contributed by atoms with van der Waals surface area (Å²) in [6, 6.07) is 12.4. The molecule has 0 spiro atoms. The van der Waals surface area contributed by atoms with Gasteiger partial charge in [-0.25, -0.2) is 0 Å². The Labute approximate surface area is 151 Å². The van der Waals surface area contributed by atoms with Crippen molar-refractivity contribution >= 4 is 28.8 Å². The molecule has 3 saturated heterocycles. The number of thiophene rings is 1. The van der Waals surface area contributed by atoms with E-state index in [2.05, 4.69) is 17.1 Å². The molecule has 126 valence electrons. The number of fused-ring (bicyclic) bond motifs is 3. The minimum Gasteiger partial charge on any atom is -0.347 e. The Kier molecular flexibility index (Phi) is 4.37. The maximum atomic E-state index is 12.7. The smallest absolute Gasteiger partial charge is 0.261 e. The van der Waals surface area contributed by atoms with Crippen LogP contribution in [0.4, 0.5) is 0 Å². The Morgan fingerprint density at radius 3 is 2.67 bits per heavy atom. The Hall–Kier alpha value is -1.36. The number of rotatable bonds is 3. The summed E-state index contributed by atoms with van der Waals surface area (Å²) >= 11 is 7.77. The van der Waals surface area contributed by atoms with Crippen LogP contribution in [0.5, 0.6) is 0 Å². The van der Waals surface area contributed by atoms with Crippen molar-refractivity contribution in [2.45, 2.75) is 31.8 Å². The van der Waals surface area contributed by atoms with Crippen molar-refractivity contribution in [2.75, 3.05) is 13.1 Å². The van der Waals surface area contributed by atoms with E-state index in [1.807, 2.05) is 36.4 Å². The van der Waals surface area contributed by atoms with Crippen molar-refractivity contribution in [3.05, 3.63) is 46.3 Å². The standard InChI is InChI=1S/C19H21ClN2OS/c1-12-18(13-8-10-22(12)11-9-13)21-19(23)17-7-6-16(24-17)14-4-2-3-5-15(14)20/h2-7,12-13,18H,8-11H2,1H3,(H,21,23)/t12-,18-/m0/s1. The zero-order chi connectivity index (χ0) is 16.7. The third kappa shape index (κ3) is 2.87. The molecule has 3 aliphatic heterocycles. The van der Waals surface area contributed by atoms with Gasteiger partial charge in [-0.1, -0.05) is 29.8 Å². The van der Waals surface area contributed by atoms with Crippen LogP contribution in [0.1, 0.15) is 29.4 Å². The number of nitrogens with one attached hydrogen (secondary N) is 1. The summed E-state index contributed by atoms with van der Waals surface area (Å²) in [4.78, 5) is 17.0. The molecule has 3 aliphatic rings. The van der Waals surface area contributed by atoms with Gasteiger partial charge in [0.2, 0.25) is 0 Å². The van der Waals surface area contributed by atoms with E-state index in [0.717, 1.165) is 20.3 Å². The first-order chi connectivity index (χ1) is 11.6. The second-order valence-electron chi connectivity index (χ2n) is 6.76. The largest absolute Gasteiger partial charge is 0.347 e. The SMILES string of the molecule is C[C@H]1[C@H](NC(=O)c2ccc(-c3ccccc3Cl)s2)C2CCN1CC2. The molecule has 1 amide bonds. The molecule has 2 atom stereocenters. The van der Waals surface area contributed by atoms with E-state index < -0.39 is 0 Å². The van der Waals surface area contributed by atoms with E-state index in [4.69, 9.17) is 11.6 Å². The van der Waals surface area contributed by atoms with Gasteiger partial charge in [0.05, 0.1) is 4.88 Å². The van der Waals surface area contributed by atoms with Crippen LogP contribution >= 0.6 is 22.9 Å². The first-order valence-electron chi connectivity index (χ1n) is 8.53. The molecule has 2 bridgehead atoms. The molecule has 1 aromatic carbocycles. The van der Waals surface area contributed by atoms with Crippen molar-refractivity contribution in [3.8, 4) is 10.4 Å². The third-order valence-electron chi connectivity index (χ3n) is 5.44. The maximum absolute atomic E-state index is 12.7. The second kappa shape index (κ2) is 6.51. The van der Waals surface area contributed by atoms with Crippen molar-refractivity contribution in [1.82, 2.24) is 10.2 Å². The third-order valence-corrected chi connectivity index (χ3v) is 6.89. The minimum absolute atomic E-state index is 0.0453. The average molecular weight is 361 g/mol. The van der Waals surface area contributed by atoms with Gasteiger partial charge in [-0.15, -0.1) is 11.3 Å². The number of nitrogens with zero attached hydrogens (tertiary/aromatic N) is 1. The predicted octanol–water partition coefficient (Wildman–Crippen LogP) is 4.28. The molecule has 2 aromatic rings.